The van der Waals surface area contributed by atoms with Crippen molar-refractivity contribution in [2.24, 2.45) is 17.1 Å². The molecule has 0 amide bonds. The third-order valence-corrected chi connectivity index (χ3v) is 4.68. The van der Waals surface area contributed by atoms with E-state index in [1.165, 1.54) is 16.3 Å². The summed E-state index contributed by atoms with van der Waals surface area (Å²) in [6.45, 7) is 8.80. The monoisotopic (exact) mass is 224 g/mol. The molecule has 1 aliphatic carbocycles. The molecule has 1 aromatic heterocycles. The van der Waals surface area contributed by atoms with Gasteiger partial charge in [-0.15, -0.1) is 11.3 Å². The summed E-state index contributed by atoms with van der Waals surface area (Å²) >= 11 is 1.80. The summed E-state index contributed by atoms with van der Waals surface area (Å²) in [4.78, 5) is 5.87. The van der Waals surface area contributed by atoms with Crippen LogP contribution in [0.1, 0.15) is 35.8 Å². The predicted molar refractivity (Wildman–Crippen MR) is 65.2 cm³/mol. The van der Waals surface area contributed by atoms with E-state index in [9.17, 15) is 0 Å². The first-order chi connectivity index (χ1) is 6.90. The standard InChI is InChI=1S/C12H20N2S/c1-7-8(2)15-11(14-7)5-10(13)9-6-12(9,3)4/h9-10H,5-6,13H2,1-4H3. The van der Waals surface area contributed by atoms with E-state index in [4.69, 9.17) is 5.73 Å². The van der Waals surface area contributed by atoms with Gasteiger partial charge in [-0.2, -0.15) is 0 Å². The summed E-state index contributed by atoms with van der Waals surface area (Å²) in [5.41, 5.74) is 7.85. The fourth-order valence-electron chi connectivity index (χ4n) is 2.21. The lowest BCUT2D eigenvalue weighted by atomic mass is 10.0. The molecule has 15 heavy (non-hydrogen) atoms. The Morgan fingerprint density at radius 1 is 1.53 bits per heavy atom. The Morgan fingerprint density at radius 3 is 2.53 bits per heavy atom. The zero-order chi connectivity index (χ0) is 11.2. The Bertz CT molecular complexity index is 348. The van der Waals surface area contributed by atoms with Crippen LogP contribution in [-0.2, 0) is 6.42 Å². The molecule has 3 heteroatoms. The van der Waals surface area contributed by atoms with Crippen LogP contribution in [0.4, 0.5) is 0 Å². The van der Waals surface area contributed by atoms with E-state index >= 15 is 0 Å². The van der Waals surface area contributed by atoms with Crippen molar-refractivity contribution in [3.63, 3.8) is 0 Å². The molecule has 2 N–H and O–H groups in total. The Balaban J connectivity index is 1.98. The van der Waals surface area contributed by atoms with Gasteiger partial charge in [0.2, 0.25) is 0 Å². The summed E-state index contributed by atoms with van der Waals surface area (Å²) in [7, 11) is 0. The molecule has 0 aromatic carbocycles. The van der Waals surface area contributed by atoms with Crippen molar-refractivity contribution < 1.29 is 0 Å². The van der Waals surface area contributed by atoms with Crippen molar-refractivity contribution in [3.8, 4) is 0 Å². The zero-order valence-electron chi connectivity index (χ0n) is 10.0. The first-order valence-corrected chi connectivity index (χ1v) is 6.40. The van der Waals surface area contributed by atoms with E-state index in [-0.39, 0.29) is 0 Å². The molecule has 1 heterocycles. The van der Waals surface area contributed by atoms with Gasteiger partial charge >= 0.3 is 0 Å². The van der Waals surface area contributed by atoms with Crippen LogP contribution in [-0.4, -0.2) is 11.0 Å². The third kappa shape index (κ3) is 2.23. The molecule has 1 saturated carbocycles. The lowest BCUT2D eigenvalue weighted by Crippen LogP contribution is -2.27. The Kier molecular flexibility index (Phi) is 2.63. The van der Waals surface area contributed by atoms with Gasteiger partial charge in [-0.3, -0.25) is 0 Å². The van der Waals surface area contributed by atoms with Crippen molar-refractivity contribution >= 4 is 11.3 Å². The van der Waals surface area contributed by atoms with Gasteiger partial charge in [-0.25, -0.2) is 4.98 Å². The Hall–Kier alpha value is -0.410. The highest BCUT2D eigenvalue weighted by atomic mass is 32.1. The van der Waals surface area contributed by atoms with E-state index in [1.54, 1.807) is 11.3 Å². The molecule has 2 rings (SSSR count). The molecule has 0 saturated heterocycles. The summed E-state index contributed by atoms with van der Waals surface area (Å²) in [6, 6.07) is 0.296. The van der Waals surface area contributed by atoms with E-state index in [0.717, 1.165) is 12.1 Å². The molecular weight excluding hydrogens is 204 g/mol. The summed E-state index contributed by atoms with van der Waals surface area (Å²) in [5.74, 6) is 0.696. The molecule has 0 aliphatic heterocycles. The van der Waals surface area contributed by atoms with Gasteiger partial charge in [0.15, 0.2) is 0 Å². The molecule has 1 aliphatic rings. The number of aryl methyl sites for hydroxylation is 2. The minimum absolute atomic E-state index is 0.296. The SMILES string of the molecule is Cc1nc(CC(N)C2CC2(C)C)sc1C. The second kappa shape index (κ2) is 3.56. The first kappa shape index (κ1) is 11.1. The smallest absolute Gasteiger partial charge is 0.0946 e. The number of hydrogen-bond acceptors (Lipinski definition) is 3. The highest BCUT2D eigenvalue weighted by molar-refractivity contribution is 7.11. The van der Waals surface area contributed by atoms with Gasteiger partial charge < -0.3 is 5.73 Å². The van der Waals surface area contributed by atoms with Crippen LogP contribution in [0.5, 0.6) is 0 Å². The Morgan fingerprint density at radius 2 is 2.13 bits per heavy atom. The molecule has 1 aromatic rings. The minimum atomic E-state index is 0.296. The number of thiazole rings is 1. The predicted octanol–water partition coefficient (Wildman–Crippen LogP) is 2.68. The van der Waals surface area contributed by atoms with Crippen LogP contribution in [0.25, 0.3) is 0 Å². The lowest BCUT2D eigenvalue weighted by Gasteiger charge is -2.11. The number of nitrogens with zero attached hydrogens (tertiary/aromatic N) is 1. The highest BCUT2D eigenvalue weighted by Crippen LogP contribution is 2.53. The van der Waals surface area contributed by atoms with Crippen LogP contribution in [0.15, 0.2) is 0 Å². The molecule has 0 bridgehead atoms. The molecule has 2 atom stereocenters. The molecule has 0 spiro atoms. The summed E-state index contributed by atoms with van der Waals surface area (Å²) < 4.78 is 0. The van der Waals surface area contributed by atoms with Crippen molar-refractivity contribution in [2.45, 2.75) is 46.6 Å². The van der Waals surface area contributed by atoms with Crippen molar-refractivity contribution in [1.29, 1.82) is 0 Å². The quantitative estimate of drug-likeness (QED) is 0.857. The molecule has 84 valence electrons. The van der Waals surface area contributed by atoms with Crippen molar-refractivity contribution in [1.82, 2.24) is 4.98 Å². The summed E-state index contributed by atoms with van der Waals surface area (Å²) in [5, 5.41) is 1.21. The highest BCUT2D eigenvalue weighted by Gasteiger charge is 2.48. The van der Waals surface area contributed by atoms with Gasteiger partial charge in [-0.1, -0.05) is 13.8 Å². The van der Waals surface area contributed by atoms with Crippen molar-refractivity contribution in [2.75, 3.05) is 0 Å². The van der Waals surface area contributed by atoms with Gasteiger partial charge in [0.05, 0.1) is 10.7 Å². The topological polar surface area (TPSA) is 38.9 Å². The Labute approximate surface area is 95.9 Å². The maximum Gasteiger partial charge on any atom is 0.0946 e. The van der Waals surface area contributed by atoms with Crippen LogP contribution < -0.4 is 5.73 Å². The van der Waals surface area contributed by atoms with Crippen molar-refractivity contribution in [3.05, 3.63) is 15.6 Å². The normalized spacial score (nSPS) is 25.3. The van der Waals surface area contributed by atoms with Crippen LogP contribution >= 0.6 is 11.3 Å². The number of aromatic nitrogens is 1. The molecule has 1 fully saturated rings. The number of hydrogen-bond donors (Lipinski definition) is 1. The van der Waals surface area contributed by atoms with Gasteiger partial charge in [0.25, 0.3) is 0 Å². The average Bonchev–Trinajstić information content (AvgIpc) is 2.63. The maximum absolute atomic E-state index is 6.21. The average molecular weight is 224 g/mol. The number of rotatable bonds is 3. The van der Waals surface area contributed by atoms with Crippen LogP contribution in [0.2, 0.25) is 0 Å². The first-order valence-electron chi connectivity index (χ1n) is 5.58. The van der Waals surface area contributed by atoms with Gasteiger partial charge in [-0.05, 0) is 31.6 Å². The fourth-order valence-corrected chi connectivity index (χ4v) is 3.21. The second-order valence-electron chi connectivity index (χ2n) is 5.42. The fraction of sp³-hybridized carbons (Fsp3) is 0.750. The largest absolute Gasteiger partial charge is 0.327 e. The van der Waals surface area contributed by atoms with Crippen LogP contribution in [0, 0.1) is 25.2 Å². The second-order valence-corrected chi connectivity index (χ2v) is 6.70. The molecule has 0 radical (unpaired) electrons. The van der Waals surface area contributed by atoms with E-state index in [0.29, 0.717) is 17.4 Å². The van der Waals surface area contributed by atoms with Gasteiger partial charge in [0, 0.05) is 17.3 Å². The van der Waals surface area contributed by atoms with E-state index in [1.807, 2.05) is 0 Å². The summed E-state index contributed by atoms with van der Waals surface area (Å²) in [6.07, 6.45) is 2.23. The van der Waals surface area contributed by atoms with Crippen LogP contribution in [0.3, 0.4) is 0 Å². The maximum atomic E-state index is 6.21. The lowest BCUT2D eigenvalue weighted by molar-refractivity contribution is 0.476. The molecule has 2 nitrogen and oxygen atoms in total. The van der Waals surface area contributed by atoms with Gasteiger partial charge in [0.1, 0.15) is 0 Å². The van der Waals surface area contributed by atoms with E-state index in [2.05, 4.69) is 32.7 Å². The molecule has 2 unspecified atom stereocenters. The minimum Gasteiger partial charge on any atom is -0.327 e. The number of nitrogens with two attached hydrogens (primary N) is 1. The van der Waals surface area contributed by atoms with E-state index < -0.39 is 0 Å². The zero-order valence-corrected chi connectivity index (χ0v) is 10.8. The third-order valence-electron chi connectivity index (χ3n) is 3.59. The molecular formula is C12H20N2S.